The molecule has 0 aliphatic carbocycles. The van der Waals surface area contributed by atoms with E-state index in [1.165, 1.54) is 0 Å². The van der Waals surface area contributed by atoms with E-state index in [-0.39, 0.29) is 23.2 Å². The molecule has 2 N–H and O–H groups in total. The number of rotatable bonds is 3. The number of nitrogens with zero attached hydrogens (tertiary/aromatic N) is 1. The lowest BCUT2D eigenvalue weighted by atomic mass is 9.91. The molecule has 2 rings (SSSR count). The molecule has 1 unspecified atom stereocenters. The van der Waals surface area contributed by atoms with E-state index in [4.69, 9.17) is 0 Å². The number of piperidine rings is 1. The molecule has 2 heterocycles. The van der Waals surface area contributed by atoms with Crippen LogP contribution in [0.25, 0.3) is 0 Å². The second-order valence-corrected chi connectivity index (χ2v) is 4.97. The summed E-state index contributed by atoms with van der Waals surface area (Å²) < 4.78 is 36.8. The molecule has 2 fully saturated rings. The number of carbonyl (C=O) groups excluding carboxylic acids is 2. The smallest absolute Gasteiger partial charge is 0.326 e. The van der Waals surface area contributed by atoms with Crippen LogP contribution < -0.4 is 10.6 Å². The van der Waals surface area contributed by atoms with Crippen LogP contribution in [-0.4, -0.2) is 48.7 Å². The molecule has 1 atom stereocenters. The molecule has 0 aromatic carbocycles. The minimum atomic E-state index is -4.56. The van der Waals surface area contributed by atoms with E-state index in [0.717, 1.165) is 25.9 Å². The van der Waals surface area contributed by atoms with E-state index >= 15 is 0 Å². The highest BCUT2D eigenvalue weighted by molar-refractivity contribution is 6.04. The van der Waals surface area contributed by atoms with Crippen molar-refractivity contribution in [3.63, 3.8) is 0 Å². The standard InChI is InChI=1S/C11H16F3N3O2.ClH/c12-11(13,14)6-17-9(18)8(16-10(17)19)5-7-1-3-15-4-2-7;/h7-8,15H,1-6H2,(H,16,19);1H. The van der Waals surface area contributed by atoms with Crippen molar-refractivity contribution in [2.45, 2.75) is 31.5 Å². The highest BCUT2D eigenvalue weighted by Gasteiger charge is 2.44. The normalized spacial score (nSPS) is 24.6. The molecule has 0 aromatic rings. The highest BCUT2D eigenvalue weighted by Crippen LogP contribution is 2.24. The summed E-state index contributed by atoms with van der Waals surface area (Å²) in [6, 6.07) is -1.75. The van der Waals surface area contributed by atoms with Gasteiger partial charge in [0.2, 0.25) is 0 Å². The van der Waals surface area contributed by atoms with Crippen LogP contribution in [0, 0.1) is 5.92 Å². The fourth-order valence-electron chi connectivity index (χ4n) is 2.52. The van der Waals surface area contributed by atoms with Crippen molar-refractivity contribution in [1.82, 2.24) is 15.5 Å². The zero-order valence-electron chi connectivity index (χ0n) is 10.7. The van der Waals surface area contributed by atoms with Gasteiger partial charge in [0.15, 0.2) is 0 Å². The van der Waals surface area contributed by atoms with E-state index in [1.807, 2.05) is 0 Å². The number of hydrogen-bond acceptors (Lipinski definition) is 3. The third-order valence-corrected chi connectivity index (χ3v) is 3.47. The van der Waals surface area contributed by atoms with Crippen molar-refractivity contribution in [3.05, 3.63) is 0 Å². The number of imide groups is 1. The summed E-state index contributed by atoms with van der Waals surface area (Å²) in [7, 11) is 0. The number of halogens is 4. The van der Waals surface area contributed by atoms with Crippen molar-refractivity contribution >= 4 is 24.3 Å². The van der Waals surface area contributed by atoms with Crippen LogP contribution in [0.5, 0.6) is 0 Å². The maximum absolute atomic E-state index is 12.3. The Hall–Kier alpha value is -1.02. The fraction of sp³-hybridized carbons (Fsp3) is 0.818. The Morgan fingerprint density at radius 2 is 1.80 bits per heavy atom. The van der Waals surface area contributed by atoms with Crippen molar-refractivity contribution in [2.24, 2.45) is 5.92 Å². The average molecular weight is 316 g/mol. The van der Waals surface area contributed by atoms with Gasteiger partial charge in [0, 0.05) is 0 Å². The summed E-state index contributed by atoms with van der Waals surface area (Å²) >= 11 is 0. The number of hydrogen-bond donors (Lipinski definition) is 2. The SMILES string of the molecule is Cl.O=C1NC(CC2CCNCC2)C(=O)N1CC(F)(F)F. The second-order valence-electron chi connectivity index (χ2n) is 4.97. The lowest BCUT2D eigenvalue weighted by Gasteiger charge is -2.24. The average Bonchev–Trinajstić information content (AvgIpc) is 2.57. The van der Waals surface area contributed by atoms with Crippen molar-refractivity contribution < 1.29 is 22.8 Å². The Labute approximate surface area is 120 Å². The molecule has 5 nitrogen and oxygen atoms in total. The topological polar surface area (TPSA) is 61.4 Å². The quantitative estimate of drug-likeness (QED) is 0.771. The largest absolute Gasteiger partial charge is 0.406 e. The van der Waals surface area contributed by atoms with Crippen LogP contribution in [0.2, 0.25) is 0 Å². The van der Waals surface area contributed by atoms with E-state index < -0.39 is 30.7 Å². The molecule has 0 bridgehead atoms. The van der Waals surface area contributed by atoms with Crippen LogP contribution in [0.1, 0.15) is 19.3 Å². The van der Waals surface area contributed by atoms with Crippen LogP contribution in [0.3, 0.4) is 0 Å². The zero-order chi connectivity index (χ0) is 14.0. The summed E-state index contributed by atoms with van der Waals surface area (Å²) in [5.74, 6) is -0.498. The van der Waals surface area contributed by atoms with Crippen LogP contribution in [0.4, 0.5) is 18.0 Å². The molecule has 0 aromatic heterocycles. The first-order chi connectivity index (χ1) is 8.87. The number of amides is 3. The van der Waals surface area contributed by atoms with E-state index in [9.17, 15) is 22.8 Å². The third kappa shape index (κ3) is 4.24. The second kappa shape index (κ2) is 6.62. The predicted octanol–water partition coefficient (Wildman–Crippen LogP) is 1.28. The fourth-order valence-corrected chi connectivity index (χ4v) is 2.52. The van der Waals surface area contributed by atoms with Crippen LogP contribution in [0.15, 0.2) is 0 Å². The number of nitrogens with one attached hydrogen (secondary N) is 2. The van der Waals surface area contributed by atoms with E-state index in [2.05, 4.69) is 10.6 Å². The summed E-state index contributed by atoms with van der Waals surface area (Å²) in [6.07, 6.45) is -2.39. The van der Waals surface area contributed by atoms with Crippen molar-refractivity contribution in [2.75, 3.05) is 19.6 Å². The molecule has 9 heteroatoms. The molecule has 2 saturated heterocycles. The first-order valence-electron chi connectivity index (χ1n) is 6.26. The molecule has 0 spiro atoms. The Morgan fingerprint density at radius 1 is 1.20 bits per heavy atom. The molecule has 116 valence electrons. The summed E-state index contributed by atoms with van der Waals surface area (Å²) in [5, 5.41) is 5.51. The maximum atomic E-state index is 12.3. The number of carbonyl (C=O) groups is 2. The van der Waals surface area contributed by atoms with Gasteiger partial charge < -0.3 is 10.6 Å². The minimum absolute atomic E-state index is 0. The van der Waals surface area contributed by atoms with Gasteiger partial charge >= 0.3 is 12.2 Å². The monoisotopic (exact) mass is 315 g/mol. The van der Waals surface area contributed by atoms with Crippen molar-refractivity contribution in [3.8, 4) is 0 Å². The van der Waals surface area contributed by atoms with Crippen molar-refractivity contribution in [1.29, 1.82) is 0 Å². The number of urea groups is 1. The van der Waals surface area contributed by atoms with Crippen LogP contribution >= 0.6 is 12.4 Å². The zero-order valence-corrected chi connectivity index (χ0v) is 11.5. The van der Waals surface area contributed by atoms with Gasteiger partial charge in [-0.3, -0.25) is 9.69 Å². The maximum Gasteiger partial charge on any atom is 0.406 e. The Bertz CT molecular complexity index is 372. The van der Waals surface area contributed by atoms with Gasteiger partial charge in [-0.1, -0.05) is 0 Å². The summed E-state index contributed by atoms with van der Waals surface area (Å²) in [4.78, 5) is 23.4. The Balaban J connectivity index is 0.00000200. The van der Waals surface area contributed by atoms with Gasteiger partial charge in [-0.25, -0.2) is 4.79 Å². The van der Waals surface area contributed by atoms with Gasteiger partial charge in [-0.2, -0.15) is 13.2 Å². The third-order valence-electron chi connectivity index (χ3n) is 3.47. The van der Waals surface area contributed by atoms with Gasteiger partial charge in [-0.05, 0) is 38.3 Å². The van der Waals surface area contributed by atoms with Gasteiger partial charge in [0.05, 0.1) is 0 Å². The van der Waals surface area contributed by atoms with Gasteiger partial charge in [0.25, 0.3) is 5.91 Å². The predicted molar refractivity (Wildman–Crippen MR) is 67.5 cm³/mol. The van der Waals surface area contributed by atoms with Gasteiger partial charge in [0.1, 0.15) is 12.6 Å². The summed E-state index contributed by atoms with van der Waals surface area (Å²) in [5.41, 5.74) is 0. The highest BCUT2D eigenvalue weighted by atomic mass is 35.5. The molecule has 0 radical (unpaired) electrons. The number of alkyl halides is 3. The lowest BCUT2D eigenvalue weighted by Crippen LogP contribution is -2.39. The van der Waals surface area contributed by atoms with Gasteiger partial charge in [-0.15, -0.1) is 12.4 Å². The molecular formula is C11H17ClF3N3O2. The molecule has 3 amide bonds. The molecule has 0 saturated carbocycles. The Kier molecular flexibility index (Phi) is 5.64. The van der Waals surface area contributed by atoms with Crippen LogP contribution in [-0.2, 0) is 4.79 Å². The van der Waals surface area contributed by atoms with E-state index in [1.54, 1.807) is 0 Å². The molecule has 20 heavy (non-hydrogen) atoms. The first kappa shape index (κ1) is 17.0. The summed E-state index contributed by atoms with van der Waals surface area (Å²) in [6.45, 7) is 0.165. The lowest BCUT2D eigenvalue weighted by molar-refractivity contribution is -0.153. The van der Waals surface area contributed by atoms with E-state index in [0.29, 0.717) is 6.42 Å². The molecular weight excluding hydrogens is 299 g/mol. The molecule has 2 aliphatic heterocycles. The Morgan fingerprint density at radius 3 is 2.35 bits per heavy atom. The molecule has 2 aliphatic rings. The minimum Gasteiger partial charge on any atom is -0.326 e. The first-order valence-corrected chi connectivity index (χ1v) is 6.26.